The molecule has 1 rings (SSSR count). The molecule has 86 valence electrons. The molecule has 0 saturated heterocycles. The topological polar surface area (TPSA) is 62.5 Å². The maximum Gasteiger partial charge on any atom is 0.339 e. The first kappa shape index (κ1) is 12.3. The first-order chi connectivity index (χ1) is 7.65. The Balaban J connectivity index is 2.45. The Hall–Kier alpha value is -1.73. The van der Waals surface area contributed by atoms with E-state index < -0.39 is 5.97 Å². The maximum absolute atomic E-state index is 10.8. The summed E-state index contributed by atoms with van der Waals surface area (Å²) in [5, 5.41) is 11.9. The summed E-state index contributed by atoms with van der Waals surface area (Å²) < 4.78 is 5.30. The van der Waals surface area contributed by atoms with Crippen LogP contribution in [0.15, 0.2) is 10.5 Å². The van der Waals surface area contributed by atoms with Gasteiger partial charge in [0, 0.05) is 13.0 Å². The van der Waals surface area contributed by atoms with Gasteiger partial charge in [-0.05, 0) is 19.9 Å². The average Bonchev–Trinajstić information content (AvgIpc) is 2.59. The van der Waals surface area contributed by atoms with Crippen molar-refractivity contribution in [3.8, 4) is 11.8 Å². The number of carboxylic acids is 1. The van der Waals surface area contributed by atoms with Crippen LogP contribution in [0.25, 0.3) is 0 Å². The van der Waals surface area contributed by atoms with Crippen LogP contribution in [-0.4, -0.2) is 17.6 Å². The minimum Gasteiger partial charge on any atom is -0.478 e. The van der Waals surface area contributed by atoms with Crippen molar-refractivity contribution in [2.75, 3.05) is 6.54 Å². The van der Waals surface area contributed by atoms with Gasteiger partial charge in [-0.25, -0.2) is 4.79 Å². The number of carbonyl (C=O) groups is 1. The van der Waals surface area contributed by atoms with Gasteiger partial charge in [0.05, 0.1) is 6.54 Å². The Morgan fingerprint density at radius 1 is 1.62 bits per heavy atom. The molecule has 0 bridgehead atoms. The lowest BCUT2D eigenvalue weighted by Crippen LogP contribution is -2.13. The third-order valence-corrected chi connectivity index (χ3v) is 2.10. The molecule has 0 aliphatic heterocycles. The zero-order valence-electron chi connectivity index (χ0n) is 9.46. The van der Waals surface area contributed by atoms with Crippen LogP contribution in [-0.2, 0) is 6.54 Å². The number of furan rings is 1. The zero-order chi connectivity index (χ0) is 12.0. The molecule has 0 aliphatic rings. The molecule has 0 aromatic carbocycles. The molecule has 1 aromatic rings. The van der Waals surface area contributed by atoms with Crippen LogP contribution < -0.4 is 5.32 Å². The number of hydrogen-bond acceptors (Lipinski definition) is 3. The van der Waals surface area contributed by atoms with Crippen molar-refractivity contribution in [1.82, 2.24) is 5.32 Å². The van der Waals surface area contributed by atoms with Gasteiger partial charge in [-0.1, -0.05) is 0 Å². The highest BCUT2D eigenvalue weighted by molar-refractivity contribution is 5.88. The van der Waals surface area contributed by atoms with Gasteiger partial charge in [0.25, 0.3) is 0 Å². The largest absolute Gasteiger partial charge is 0.478 e. The Labute approximate surface area is 94.7 Å². The molecular formula is C12H15NO3. The van der Waals surface area contributed by atoms with Crippen molar-refractivity contribution in [2.45, 2.75) is 26.8 Å². The van der Waals surface area contributed by atoms with E-state index in [0.717, 1.165) is 13.0 Å². The molecule has 0 amide bonds. The van der Waals surface area contributed by atoms with E-state index in [-0.39, 0.29) is 5.56 Å². The predicted molar refractivity (Wildman–Crippen MR) is 60.2 cm³/mol. The van der Waals surface area contributed by atoms with Gasteiger partial charge in [-0.3, -0.25) is 0 Å². The molecule has 0 spiro atoms. The third kappa shape index (κ3) is 3.44. The molecule has 0 atom stereocenters. The van der Waals surface area contributed by atoms with Crippen molar-refractivity contribution in [2.24, 2.45) is 0 Å². The van der Waals surface area contributed by atoms with Crippen molar-refractivity contribution < 1.29 is 14.3 Å². The zero-order valence-corrected chi connectivity index (χ0v) is 9.46. The minimum atomic E-state index is -0.954. The summed E-state index contributed by atoms with van der Waals surface area (Å²) in [6.45, 7) is 4.74. The first-order valence-electron chi connectivity index (χ1n) is 5.08. The Kier molecular flexibility index (Phi) is 4.62. The smallest absolute Gasteiger partial charge is 0.339 e. The third-order valence-electron chi connectivity index (χ3n) is 2.10. The molecule has 0 radical (unpaired) electrons. The average molecular weight is 221 g/mol. The highest BCUT2D eigenvalue weighted by Gasteiger charge is 2.12. The van der Waals surface area contributed by atoms with E-state index in [2.05, 4.69) is 17.2 Å². The van der Waals surface area contributed by atoms with Crippen molar-refractivity contribution >= 4 is 5.97 Å². The summed E-state index contributed by atoms with van der Waals surface area (Å²) in [4.78, 5) is 10.8. The number of rotatable bonds is 5. The van der Waals surface area contributed by atoms with E-state index in [1.807, 2.05) is 0 Å². The van der Waals surface area contributed by atoms with E-state index in [4.69, 9.17) is 9.52 Å². The van der Waals surface area contributed by atoms with E-state index in [9.17, 15) is 4.79 Å². The van der Waals surface area contributed by atoms with Gasteiger partial charge in [0.2, 0.25) is 0 Å². The lowest BCUT2D eigenvalue weighted by atomic mass is 10.2. The van der Waals surface area contributed by atoms with Crippen LogP contribution in [0.4, 0.5) is 0 Å². The molecule has 4 heteroatoms. The van der Waals surface area contributed by atoms with Crippen molar-refractivity contribution in [1.29, 1.82) is 0 Å². The molecule has 4 nitrogen and oxygen atoms in total. The fourth-order valence-electron chi connectivity index (χ4n) is 1.33. The number of hydrogen-bond donors (Lipinski definition) is 2. The highest BCUT2D eigenvalue weighted by atomic mass is 16.4. The van der Waals surface area contributed by atoms with E-state index in [0.29, 0.717) is 18.1 Å². The van der Waals surface area contributed by atoms with Crippen LogP contribution in [0, 0.1) is 18.8 Å². The fourth-order valence-corrected chi connectivity index (χ4v) is 1.33. The van der Waals surface area contributed by atoms with Crippen LogP contribution in [0.2, 0.25) is 0 Å². The van der Waals surface area contributed by atoms with Crippen LogP contribution in [0.5, 0.6) is 0 Å². The summed E-state index contributed by atoms with van der Waals surface area (Å²) in [7, 11) is 0. The highest BCUT2D eigenvalue weighted by Crippen LogP contribution is 2.14. The molecule has 1 aromatic heterocycles. The summed E-state index contributed by atoms with van der Waals surface area (Å²) in [6.07, 6.45) is 0.780. The number of aromatic carboxylic acids is 1. The normalized spacial score (nSPS) is 9.62. The number of aryl methyl sites for hydroxylation is 1. The van der Waals surface area contributed by atoms with Crippen LogP contribution >= 0.6 is 0 Å². The second-order valence-corrected chi connectivity index (χ2v) is 3.34. The van der Waals surface area contributed by atoms with Crippen molar-refractivity contribution in [3.05, 3.63) is 23.2 Å². The summed E-state index contributed by atoms with van der Waals surface area (Å²) in [6, 6.07) is 1.55. The molecule has 0 unspecified atom stereocenters. The lowest BCUT2D eigenvalue weighted by Gasteiger charge is -1.97. The lowest BCUT2D eigenvalue weighted by molar-refractivity contribution is 0.0695. The second kappa shape index (κ2) is 5.99. The SMILES string of the molecule is CC#CCCNCc1cc(C(=O)O)c(C)o1. The van der Waals surface area contributed by atoms with Crippen molar-refractivity contribution in [3.63, 3.8) is 0 Å². The Morgan fingerprint density at radius 3 is 2.94 bits per heavy atom. The van der Waals surface area contributed by atoms with E-state index in [1.165, 1.54) is 0 Å². The van der Waals surface area contributed by atoms with Gasteiger partial charge in [-0.2, -0.15) is 0 Å². The van der Waals surface area contributed by atoms with E-state index >= 15 is 0 Å². The number of nitrogens with one attached hydrogen (secondary N) is 1. The summed E-state index contributed by atoms with van der Waals surface area (Å²) in [5.41, 5.74) is 0.227. The van der Waals surface area contributed by atoms with Crippen LogP contribution in [0.1, 0.15) is 35.2 Å². The fraction of sp³-hybridized carbons (Fsp3) is 0.417. The molecule has 0 saturated carbocycles. The van der Waals surface area contributed by atoms with Gasteiger partial charge >= 0.3 is 5.97 Å². The molecule has 1 heterocycles. The molecule has 2 N–H and O–H groups in total. The molecule has 16 heavy (non-hydrogen) atoms. The van der Waals surface area contributed by atoms with E-state index in [1.54, 1.807) is 19.9 Å². The summed E-state index contributed by atoms with van der Waals surface area (Å²) >= 11 is 0. The monoisotopic (exact) mass is 221 g/mol. The molecular weight excluding hydrogens is 206 g/mol. The number of carboxylic acid groups (broad SMARTS) is 1. The minimum absolute atomic E-state index is 0.227. The Bertz CT molecular complexity index is 423. The van der Waals surface area contributed by atoms with Gasteiger partial charge in [0.15, 0.2) is 0 Å². The quantitative estimate of drug-likeness (QED) is 0.587. The first-order valence-corrected chi connectivity index (χ1v) is 5.08. The predicted octanol–water partition coefficient (Wildman–Crippen LogP) is 1.79. The Morgan fingerprint density at radius 2 is 2.38 bits per heavy atom. The molecule has 0 aliphatic carbocycles. The van der Waals surface area contributed by atoms with Crippen LogP contribution in [0.3, 0.4) is 0 Å². The molecule has 0 fully saturated rings. The maximum atomic E-state index is 10.8. The van der Waals surface area contributed by atoms with Gasteiger partial charge < -0.3 is 14.8 Å². The standard InChI is InChI=1S/C12H15NO3/c1-3-4-5-6-13-8-10-7-11(12(14)15)9(2)16-10/h7,13H,5-6,8H2,1-2H3,(H,14,15). The second-order valence-electron chi connectivity index (χ2n) is 3.34. The summed E-state index contributed by atoms with van der Waals surface area (Å²) in [5.74, 6) is 5.86. The van der Waals surface area contributed by atoms with Gasteiger partial charge in [0.1, 0.15) is 17.1 Å². The van der Waals surface area contributed by atoms with Gasteiger partial charge in [-0.15, -0.1) is 11.8 Å².